The summed E-state index contributed by atoms with van der Waals surface area (Å²) in [5, 5.41) is 3.34. The number of hydrogen-bond acceptors (Lipinski definition) is 1. The minimum Gasteiger partial charge on any atom is -0.356 e. The molecule has 1 aromatic rings. The number of aliphatic imine (C=N–C) groups is 1. The summed E-state index contributed by atoms with van der Waals surface area (Å²) in [6, 6.07) is 8.91. The fourth-order valence-corrected chi connectivity index (χ4v) is 1.93. The lowest BCUT2D eigenvalue weighted by molar-refractivity contribution is 0.582. The minimum absolute atomic E-state index is 0.226. The molecule has 0 atom stereocenters. The maximum atomic E-state index is 4.20. The van der Waals surface area contributed by atoms with Crippen LogP contribution in [-0.4, -0.2) is 38.5 Å². The van der Waals surface area contributed by atoms with Crippen LogP contribution in [0.4, 0.5) is 0 Å². The first-order valence-electron chi connectivity index (χ1n) is 6.82. The van der Waals surface area contributed by atoms with E-state index in [1.165, 1.54) is 11.1 Å². The Kier molecular flexibility index (Phi) is 5.40. The van der Waals surface area contributed by atoms with Crippen molar-refractivity contribution in [2.75, 3.05) is 27.7 Å². The van der Waals surface area contributed by atoms with Crippen LogP contribution in [-0.2, 0) is 11.8 Å². The van der Waals surface area contributed by atoms with Gasteiger partial charge in [0.05, 0.1) is 0 Å². The highest BCUT2D eigenvalue weighted by Gasteiger charge is 2.12. The average molecular weight is 261 g/mol. The van der Waals surface area contributed by atoms with E-state index in [-0.39, 0.29) is 5.41 Å². The van der Waals surface area contributed by atoms with Crippen molar-refractivity contribution in [3.8, 4) is 0 Å². The van der Waals surface area contributed by atoms with Gasteiger partial charge in [-0.05, 0) is 23.0 Å². The molecule has 0 aliphatic rings. The van der Waals surface area contributed by atoms with Gasteiger partial charge in [0.2, 0.25) is 0 Å². The lowest BCUT2D eigenvalue weighted by Gasteiger charge is -2.19. The van der Waals surface area contributed by atoms with Crippen molar-refractivity contribution in [2.24, 2.45) is 4.99 Å². The first-order valence-corrected chi connectivity index (χ1v) is 6.82. The van der Waals surface area contributed by atoms with E-state index in [9.17, 15) is 0 Å². The molecule has 0 unspecified atom stereocenters. The molecule has 0 spiro atoms. The van der Waals surface area contributed by atoms with Crippen LogP contribution in [0.2, 0.25) is 0 Å². The SMILES string of the molecule is CN=C(NCCc1ccc(C(C)(C)C)cc1)N(C)C. The van der Waals surface area contributed by atoms with Gasteiger partial charge in [0.15, 0.2) is 5.96 Å². The van der Waals surface area contributed by atoms with Crippen LogP contribution in [0.25, 0.3) is 0 Å². The average Bonchev–Trinajstić information content (AvgIpc) is 2.33. The van der Waals surface area contributed by atoms with Crippen molar-refractivity contribution < 1.29 is 0 Å². The van der Waals surface area contributed by atoms with Gasteiger partial charge in [-0.25, -0.2) is 0 Å². The Hall–Kier alpha value is -1.51. The van der Waals surface area contributed by atoms with Gasteiger partial charge < -0.3 is 10.2 Å². The molecule has 1 aromatic carbocycles. The third kappa shape index (κ3) is 4.93. The summed E-state index contributed by atoms with van der Waals surface area (Å²) in [5.41, 5.74) is 2.96. The van der Waals surface area contributed by atoms with E-state index < -0.39 is 0 Å². The molecule has 1 N–H and O–H groups in total. The monoisotopic (exact) mass is 261 g/mol. The number of benzene rings is 1. The van der Waals surface area contributed by atoms with E-state index in [2.05, 4.69) is 55.3 Å². The summed E-state index contributed by atoms with van der Waals surface area (Å²) in [6.45, 7) is 7.62. The van der Waals surface area contributed by atoms with Crippen LogP contribution in [0, 0.1) is 0 Å². The molecule has 0 aliphatic carbocycles. The summed E-state index contributed by atoms with van der Waals surface area (Å²) in [4.78, 5) is 6.19. The van der Waals surface area contributed by atoms with Crippen molar-refractivity contribution in [3.63, 3.8) is 0 Å². The van der Waals surface area contributed by atoms with Gasteiger partial charge in [0.25, 0.3) is 0 Å². The molecule has 0 aliphatic heterocycles. The Bertz CT molecular complexity index is 411. The summed E-state index contributed by atoms with van der Waals surface area (Å²) in [6.07, 6.45) is 1.01. The molecule has 1 rings (SSSR count). The van der Waals surface area contributed by atoms with Crippen LogP contribution in [0.15, 0.2) is 29.3 Å². The zero-order valence-electron chi connectivity index (χ0n) is 13.1. The fourth-order valence-electron chi connectivity index (χ4n) is 1.93. The predicted molar refractivity (Wildman–Crippen MR) is 83.9 cm³/mol. The molecule has 0 heterocycles. The smallest absolute Gasteiger partial charge is 0.193 e. The molecule has 0 radical (unpaired) electrons. The van der Waals surface area contributed by atoms with Gasteiger partial charge in [-0.3, -0.25) is 4.99 Å². The molecule has 0 saturated carbocycles. The lowest BCUT2D eigenvalue weighted by Crippen LogP contribution is -2.37. The first kappa shape index (κ1) is 15.5. The topological polar surface area (TPSA) is 27.6 Å². The molecular weight excluding hydrogens is 234 g/mol. The standard InChI is InChI=1S/C16H27N3/c1-16(2,3)14-9-7-13(8-10-14)11-12-18-15(17-4)19(5)6/h7-10H,11-12H2,1-6H3,(H,17,18). The van der Waals surface area contributed by atoms with Crippen LogP contribution < -0.4 is 5.32 Å². The fraction of sp³-hybridized carbons (Fsp3) is 0.562. The predicted octanol–water partition coefficient (Wildman–Crippen LogP) is 2.66. The highest BCUT2D eigenvalue weighted by atomic mass is 15.3. The zero-order chi connectivity index (χ0) is 14.5. The number of nitrogens with zero attached hydrogens (tertiary/aromatic N) is 2. The number of guanidine groups is 1. The second-order valence-electron chi connectivity index (χ2n) is 6.07. The summed E-state index contributed by atoms with van der Waals surface area (Å²) < 4.78 is 0. The van der Waals surface area contributed by atoms with E-state index in [1.807, 2.05) is 19.0 Å². The maximum Gasteiger partial charge on any atom is 0.193 e. The number of nitrogens with one attached hydrogen (secondary N) is 1. The van der Waals surface area contributed by atoms with Crippen molar-refractivity contribution >= 4 is 5.96 Å². The van der Waals surface area contributed by atoms with E-state index in [0.717, 1.165) is 18.9 Å². The number of rotatable bonds is 3. The lowest BCUT2D eigenvalue weighted by atomic mass is 9.86. The van der Waals surface area contributed by atoms with Gasteiger partial charge in [-0.2, -0.15) is 0 Å². The third-order valence-electron chi connectivity index (χ3n) is 3.15. The Morgan fingerprint density at radius 2 is 1.74 bits per heavy atom. The Morgan fingerprint density at radius 3 is 2.16 bits per heavy atom. The van der Waals surface area contributed by atoms with Crippen LogP contribution in [0.5, 0.6) is 0 Å². The molecular formula is C16H27N3. The third-order valence-corrected chi connectivity index (χ3v) is 3.15. The van der Waals surface area contributed by atoms with Crippen LogP contribution in [0.1, 0.15) is 31.9 Å². The zero-order valence-corrected chi connectivity index (χ0v) is 13.1. The van der Waals surface area contributed by atoms with E-state index in [1.54, 1.807) is 7.05 Å². The highest BCUT2D eigenvalue weighted by molar-refractivity contribution is 5.79. The molecule has 0 bridgehead atoms. The molecule has 106 valence electrons. The summed E-state index contributed by atoms with van der Waals surface area (Å²) >= 11 is 0. The van der Waals surface area contributed by atoms with Crippen molar-refractivity contribution in [1.82, 2.24) is 10.2 Å². The normalized spacial score (nSPS) is 12.4. The highest BCUT2D eigenvalue weighted by Crippen LogP contribution is 2.22. The summed E-state index contributed by atoms with van der Waals surface area (Å²) in [7, 11) is 5.79. The molecule has 0 amide bonds. The van der Waals surface area contributed by atoms with Crippen molar-refractivity contribution in [2.45, 2.75) is 32.6 Å². The minimum atomic E-state index is 0.226. The van der Waals surface area contributed by atoms with Gasteiger partial charge in [0, 0.05) is 27.7 Å². The number of hydrogen-bond donors (Lipinski definition) is 1. The molecule has 19 heavy (non-hydrogen) atoms. The first-order chi connectivity index (χ1) is 8.84. The van der Waals surface area contributed by atoms with Gasteiger partial charge in [-0.15, -0.1) is 0 Å². The van der Waals surface area contributed by atoms with E-state index >= 15 is 0 Å². The molecule has 0 fully saturated rings. The Balaban J connectivity index is 2.51. The van der Waals surface area contributed by atoms with E-state index in [0.29, 0.717) is 0 Å². The van der Waals surface area contributed by atoms with Crippen LogP contribution in [0.3, 0.4) is 0 Å². The molecule has 0 saturated heterocycles. The van der Waals surface area contributed by atoms with Gasteiger partial charge in [-0.1, -0.05) is 45.0 Å². The molecule has 3 heteroatoms. The Morgan fingerprint density at radius 1 is 1.16 bits per heavy atom. The largest absolute Gasteiger partial charge is 0.356 e. The molecule has 0 aromatic heterocycles. The van der Waals surface area contributed by atoms with Gasteiger partial charge in [0.1, 0.15) is 0 Å². The van der Waals surface area contributed by atoms with Crippen molar-refractivity contribution in [1.29, 1.82) is 0 Å². The van der Waals surface area contributed by atoms with E-state index in [4.69, 9.17) is 0 Å². The second-order valence-corrected chi connectivity index (χ2v) is 6.07. The Labute approximate surface area is 117 Å². The van der Waals surface area contributed by atoms with Crippen LogP contribution >= 0.6 is 0 Å². The summed E-state index contributed by atoms with van der Waals surface area (Å²) in [5.74, 6) is 0.923. The maximum absolute atomic E-state index is 4.20. The van der Waals surface area contributed by atoms with Gasteiger partial charge >= 0.3 is 0 Å². The quantitative estimate of drug-likeness (QED) is 0.669. The van der Waals surface area contributed by atoms with Crippen molar-refractivity contribution in [3.05, 3.63) is 35.4 Å². The second kappa shape index (κ2) is 6.60. The molecule has 3 nitrogen and oxygen atoms in total.